The molecule has 1 amide bonds. The average Bonchev–Trinajstić information content (AvgIpc) is 3.47. The molecule has 12 nitrogen and oxygen atoms in total. The summed E-state index contributed by atoms with van der Waals surface area (Å²) >= 11 is 0. The van der Waals surface area contributed by atoms with Gasteiger partial charge in [0.05, 0.1) is 45.2 Å². The number of amides is 1. The van der Waals surface area contributed by atoms with Crippen molar-refractivity contribution in [3.8, 4) is 23.0 Å². The zero-order valence-corrected chi connectivity index (χ0v) is 49.7. The fraction of sp³-hybridized carbons (Fsp3) is 0.701. The van der Waals surface area contributed by atoms with Gasteiger partial charge in [-0.1, -0.05) is 238 Å². The van der Waals surface area contributed by atoms with Gasteiger partial charge in [-0.05, 0) is 67.6 Å². The number of ether oxygens (including phenoxy) is 7. The highest BCUT2D eigenvalue weighted by Crippen LogP contribution is 2.33. The third-order valence-electron chi connectivity index (χ3n) is 15.1. The van der Waals surface area contributed by atoms with Crippen molar-refractivity contribution < 1.29 is 53.0 Å². The van der Waals surface area contributed by atoms with Gasteiger partial charge >= 0.3 is 5.97 Å². The van der Waals surface area contributed by atoms with Crippen molar-refractivity contribution in [1.29, 1.82) is 0 Å². The number of rotatable bonds is 48. The number of carbonyl (C=O) groups is 2. The topological polar surface area (TPSA) is 151 Å². The van der Waals surface area contributed by atoms with E-state index in [4.69, 9.17) is 33.2 Å². The summed E-state index contributed by atoms with van der Waals surface area (Å²) in [5, 5.41) is 25.4. The molecule has 1 aliphatic heterocycles. The second-order valence-electron chi connectivity index (χ2n) is 22.0. The highest BCUT2D eigenvalue weighted by molar-refractivity contribution is 5.95. The van der Waals surface area contributed by atoms with Crippen LogP contribution in [0.5, 0.6) is 23.0 Å². The molecular weight excluding hydrogens is 995 g/mol. The Morgan fingerprint density at radius 2 is 0.861 bits per heavy atom. The van der Waals surface area contributed by atoms with Crippen LogP contribution in [0.4, 0.5) is 0 Å². The number of unbranched alkanes of at least 4 members (excludes halogenated alkanes) is 28. The lowest BCUT2D eigenvalue weighted by Crippen LogP contribution is -2.65. The normalized spacial score (nSPS) is 17.1. The molecule has 0 saturated carbocycles. The van der Waals surface area contributed by atoms with Crippen LogP contribution < -0.4 is 24.3 Å². The maximum Gasteiger partial charge on any atom is 0.338 e. The van der Waals surface area contributed by atoms with E-state index >= 15 is 0 Å². The minimum atomic E-state index is -1.54. The summed E-state index contributed by atoms with van der Waals surface area (Å²) in [4.78, 5) is 29.0. The number of hydrogen-bond donors (Lipinski definition) is 3. The van der Waals surface area contributed by atoms with Crippen LogP contribution in [-0.4, -0.2) is 85.8 Å². The third-order valence-corrected chi connectivity index (χ3v) is 15.1. The van der Waals surface area contributed by atoms with Crippen LogP contribution in [-0.2, 0) is 20.8 Å². The quantitative estimate of drug-likeness (QED) is 0.0366. The van der Waals surface area contributed by atoms with Gasteiger partial charge in [0, 0.05) is 5.56 Å². The Labute approximate surface area is 478 Å². The van der Waals surface area contributed by atoms with E-state index in [1.165, 1.54) is 141 Å². The molecule has 5 atom stereocenters. The zero-order chi connectivity index (χ0) is 56.4. The zero-order valence-electron chi connectivity index (χ0n) is 49.7. The SMILES string of the molecule is CCCCCCCCCCOc1ccc(C(=O)N[C@@H]2[C@@H](OCc3ccccc3)O[C@H](CO)[C@@H](O)[C@@H]2OC(=O)c2ccc(OCCCCCCCCCC)c(OCCCCCCCCCC)c2)cc1OCCCCCCCCCC. The summed E-state index contributed by atoms with van der Waals surface area (Å²) in [6.07, 6.45) is 32.2. The highest BCUT2D eigenvalue weighted by Gasteiger charge is 2.49. The lowest BCUT2D eigenvalue weighted by Gasteiger charge is -2.43. The molecule has 3 N–H and O–H groups in total. The van der Waals surface area contributed by atoms with E-state index in [0.29, 0.717) is 49.4 Å². The number of esters is 1. The molecule has 12 heteroatoms. The number of aliphatic hydroxyl groups is 2. The molecule has 0 spiro atoms. The Morgan fingerprint density at radius 1 is 0.481 bits per heavy atom. The van der Waals surface area contributed by atoms with Gasteiger partial charge in [-0.25, -0.2) is 4.79 Å². The Morgan fingerprint density at radius 3 is 1.28 bits per heavy atom. The van der Waals surface area contributed by atoms with Crippen molar-refractivity contribution in [2.75, 3.05) is 33.0 Å². The molecule has 0 unspecified atom stereocenters. The first-order valence-corrected chi connectivity index (χ1v) is 31.7. The average molecular weight is 1100 g/mol. The molecule has 0 aliphatic carbocycles. The van der Waals surface area contributed by atoms with Crippen molar-refractivity contribution in [1.82, 2.24) is 5.32 Å². The first-order valence-electron chi connectivity index (χ1n) is 31.7. The Bertz CT molecular complexity index is 2000. The number of hydrogen-bond acceptors (Lipinski definition) is 11. The van der Waals surface area contributed by atoms with Gasteiger partial charge in [0.2, 0.25) is 0 Å². The summed E-state index contributed by atoms with van der Waals surface area (Å²) in [5.41, 5.74) is 1.29. The van der Waals surface area contributed by atoms with E-state index in [9.17, 15) is 19.8 Å². The smallest absolute Gasteiger partial charge is 0.338 e. The number of benzene rings is 3. The lowest BCUT2D eigenvalue weighted by molar-refractivity contribution is -0.272. The van der Waals surface area contributed by atoms with E-state index in [1.54, 1.807) is 36.4 Å². The van der Waals surface area contributed by atoms with Gasteiger partial charge < -0.3 is 48.7 Å². The number of nitrogens with one attached hydrogen (secondary N) is 1. The van der Waals surface area contributed by atoms with Gasteiger partial charge in [0.1, 0.15) is 18.2 Å². The summed E-state index contributed by atoms with van der Waals surface area (Å²) in [7, 11) is 0. The maximum atomic E-state index is 14.6. The van der Waals surface area contributed by atoms with E-state index in [1.807, 2.05) is 30.3 Å². The molecular formula is C67H107NO11. The molecule has 1 aliphatic rings. The standard InChI is InChI=1S/C67H107NO11/c1-5-9-13-17-21-25-29-36-46-73-57-44-42-55(50-59(57)75-48-38-31-27-23-19-15-11-7-3)65(71)68-62-64(63(70)61(52-69)78-67(62)77-53-54-40-34-33-35-41-54)79-66(72)56-43-45-58(74-47-37-30-26-22-18-14-10-6-2)60(51-56)76-49-39-32-28-24-20-16-12-8-4/h33-35,40-45,50-51,61-64,67,69-70H,5-32,36-39,46-49,52-53H2,1-4H3,(H,68,71)/t61-,62+,63-,64-,67+/m1/s1. The van der Waals surface area contributed by atoms with Gasteiger partial charge in [0.25, 0.3) is 5.91 Å². The van der Waals surface area contributed by atoms with Crippen molar-refractivity contribution in [3.05, 3.63) is 83.4 Å². The monoisotopic (exact) mass is 1100 g/mol. The fourth-order valence-corrected chi connectivity index (χ4v) is 10.1. The lowest BCUT2D eigenvalue weighted by atomic mass is 9.96. The molecule has 0 aromatic heterocycles. The number of aliphatic hydroxyl groups excluding tert-OH is 2. The van der Waals surface area contributed by atoms with Crippen molar-refractivity contribution in [2.45, 2.75) is 270 Å². The molecule has 3 aromatic carbocycles. The molecule has 4 rings (SSSR count). The molecule has 0 bridgehead atoms. The van der Waals surface area contributed by atoms with E-state index < -0.39 is 49.1 Å². The van der Waals surface area contributed by atoms with Crippen LogP contribution in [0, 0.1) is 0 Å². The highest BCUT2D eigenvalue weighted by atomic mass is 16.7. The molecule has 0 radical (unpaired) electrons. The summed E-state index contributed by atoms with van der Waals surface area (Å²) in [6, 6.07) is 18.4. The van der Waals surface area contributed by atoms with Gasteiger partial charge in [-0.2, -0.15) is 0 Å². The summed E-state index contributed by atoms with van der Waals surface area (Å²) in [5.74, 6) is 0.751. The molecule has 1 fully saturated rings. The van der Waals surface area contributed by atoms with Crippen LogP contribution in [0.3, 0.4) is 0 Å². The van der Waals surface area contributed by atoms with Crippen LogP contribution in [0.1, 0.15) is 259 Å². The minimum Gasteiger partial charge on any atom is -0.490 e. The van der Waals surface area contributed by atoms with E-state index in [-0.39, 0.29) is 17.7 Å². The molecule has 446 valence electrons. The van der Waals surface area contributed by atoms with Gasteiger partial charge in [0.15, 0.2) is 35.4 Å². The van der Waals surface area contributed by atoms with Gasteiger partial charge in [-0.3, -0.25) is 4.79 Å². The maximum absolute atomic E-state index is 14.6. The second kappa shape index (κ2) is 43.4. The second-order valence-corrected chi connectivity index (χ2v) is 22.0. The van der Waals surface area contributed by atoms with Crippen molar-refractivity contribution in [2.24, 2.45) is 0 Å². The molecule has 3 aromatic rings. The van der Waals surface area contributed by atoms with Crippen LogP contribution in [0.25, 0.3) is 0 Å². The summed E-state index contributed by atoms with van der Waals surface area (Å²) in [6.45, 7) is 10.4. The van der Waals surface area contributed by atoms with Crippen molar-refractivity contribution in [3.63, 3.8) is 0 Å². The minimum absolute atomic E-state index is 0.0778. The Hall–Kier alpha value is -4.36. The third kappa shape index (κ3) is 27.8. The van der Waals surface area contributed by atoms with Crippen LogP contribution >= 0.6 is 0 Å². The predicted octanol–water partition coefficient (Wildman–Crippen LogP) is 16.4. The molecule has 79 heavy (non-hydrogen) atoms. The Kier molecular flexibility index (Phi) is 36.9. The molecule has 1 heterocycles. The number of carbonyl (C=O) groups excluding carboxylic acids is 2. The van der Waals surface area contributed by atoms with Crippen LogP contribution in [0.2, 0.25) is 0 Å². The summed E-state index contributed by atoms with van der Waals surface area (Å²) < 4.78 is 44.2. The van der Waals surface area contributed by atoms with Gasteiger partial charge in [-0.15, -0.1) is 0 Å². The Balaban J connectivity index is 1.55. The van der Waals surface area contributed by atoms with Crippen molar-refractivity contribution >= 4 is 11.9 Å². The first kappa shape index (κ1) is 67.1. The first-order chi connectivity index (χ1) is 38.8. The predicted molar refractivity (Wildman–Crippen MR) is 319 cm³/mol. The van der Waals surface area contributed by atoms with E-state index in [2.05, 4.69) is 33.0 Å². The largest absolute Gasteiger partial charge is 0.490 e. The van der Waals surface area contributed by atoms with E-state index in [0.717, 1.165) is 69.8 Å². The van der Waals surface area contributed by atoms with Crippen LogP contribution in [0.15, 0.2) is 66.7 Å². The fourth-order valence-electron chi connectivity index (χ4n) is 10.1. The molecule has 1 saturated heterocycles.